The zero-order valence-electron chi connectivity index (χ0n) is 18.5. The zero-order chi connectivity index (χ0) is 21.7. The smallest absolute Gasteiger partial charge is 0.252 e. The Morgan fingerprint density at radius 1 is 0.903 bits per heavy atom. The summed E-state index contributed by atoms with van der Waals surface area (Å²) in [5.41, 5.74) is 8.02. The van der Waals surface area contributed by atoms with Crippen LogP contribution in [0.5, 0.6) is 0 Å². The second kappa shape index (κ2) is 5.74. The minimum atomic E-state index is -0.577. The van der Waals surface area contributed by atoms with Gasteiger partial charge in [0.15, 0.2) is 6.20 Å². The number of nitrogens with zero attached hydrogens (tertiary/aromatic N) is 3. The number of aryl methyl sites for hydroxylation is 3. The van der Waals surface area contributed by atoms with Gasteiger partial charge < -0.3 is 9.25 Å². The average molecular weight is 403 g/mol. The Labute approximate surface area is 181 Å². The molecule has 150 valence electrons. The van der Waals surface area contributed by atoms with Gasteiger partial charge in [-0.15, -0.1) is 0 Å². The summed E-state index contributed by atoms with van der Waals surface area (Å²) in [5.74, 6) is 0. The summed E-state index contributed by atoms with van der Waals surface area (Å²) in [6.07, 6.45) is 2.15. The van der Waals surface area contributed by atoms with Crippen LogP contribution in [0.25, 0.3) is 53.8 Å². The molecule has 0 fully saturated rings. The van der Waals surface area contributed by atoms with Crippen LogP contribution in [0.2, 0.25) is 0 Å². The summed E-state index contributed by atoms with van der Waals surface area (Å²) in [4.78, 5) is 3.94. The Kier molecular flexibility index (Phi) is 3.36. The maximum atomic E-state index is 7.78. The third kappa shape index (κ3) is 2.15. The Morgan fingerprint density at radius 2 is 1.68 bits per heavy atom. The van der Waals surface area contributed by atoms with E-state index in [2.05, 4.69) is 89.4 Å². The van der Waals surface area contributed by atoms with Crippen molar-refractivity contribution in [2.24, 2.45) is 7.05 Å². The fraction of sp³-hybridized carbons (Fsp3) is 0.214. The first-order valence-corrected chi connectivity index (χ1v) is 10.7. The van der Waals surface area contributed by atoms with Gasteiger partial charge in [-0.2, -0.15) is 0 Å². The van der Waals surface area contributed by atoms with Crippen LogP contribution >= 0.6 is 0 Å². The predicted molar refractivity (Wildman–Crippen MR) is 129 cm³/mol. The van der Waals surface area contributed by atoms with E-state index < -0.39 is 5.54 Å². The van der Waals surface area contributed by atoms with Crippen LogP contribution in [0, 0.1) is 20.4 Å². The van der Waals surface area contributed by atoms with Gasteiger partial charge in [-0.3, -0.25) is 0 Å². The molecule has 0 radical (unpaired) electrons. The Morgan fingerprint density at radius 3 is 2.45 bits per heavy atom. The number of fused-ring (bicyclic) bond motifs is 5. The van der Waals surface area contributed by atoms with Gasteiger partial charge in [0.2, 0.25) is 5.52 Å². The molecular weight excluding hydrogens is 378 g/mol. The monoisotopic (exact) mass is 402 g/mol. The lowest BCUT2D eigenvalue weighted by Crippen LogP contribution is -2.29. The van der Waals surface area contributed by atoms with E-state index >= 15 is 0 Å². The van der Waals surface area contributed by atoms with Crippen LogP contribution in [0.1, 0.15) is 30.5 Å². The molecule has 0 bridgehead atoms. The molecule has 0 atom stereocenters. The second-order valence-corrected chi connectivity index (χ2v) is 9.37. The molecule has 0 saturated carbocycles. The number of pyridine rings is 2. The third-order valence-electron chi connectivity index (χ3n) is 7.04. The molecule has 31 heavy (non-hydrogen) atoms. The molecule has 3 aromatic heterocycles. The highest BCUT2D eigenvalue weighted by atomic mass is 15.0. The van der Waals surface area contributed by atoms with Crippen molar-refractivity contribution in [3.8, 4) is 0 Å². The number of rotatable bonds is 1. The van der Waals surface area contributed by atoms with Gasteiger partial charge in [0, 0.05) is 36.2 Å². The van der Waals surface area contributed by atoms with E-state index in [9.17, 15) is 0 Å². The van der Waals surface area contributed by atoms with Crippen LogP contribution in [-0.2, 0) is 12.6 Å². The second-order valence-electron chi connectivity index (χ2n) is 9.37. The number of hydrogen-bond donors (Lipinski definition) is 0. The van der Waals surface area contributed by atoms with E-state index in [0.717, 1.165) is 5.56 Å². The molecule has 0 amide bonds. The van der Waals surface area contributed by atoms with Gasteiger partial charge >= 0.3 is 0 Å². The maximum absolute atomic E-state index is 7.78. The lowest BCUT2D eigenvalue weighted by Gasteiger charge is -2.17. The quantitative estimate of drug-likeness (QED) is 0.127. The van der Waals surface area contributed by atoms with E-state index in [1.165, 1.54) is 60.1 Å². The maximum Gasteiger partial charge on any atom is 0.252 e. The third-order valence-corrected chi connectivity index (χ3v) is 7.04. The molecular formula is C28H24N3+. The predicted octanol–water partition coefficient (Wildman–Crippen LogP) is 6.59. The van der Waals surface area contributed by atoms with Crippen molar-refractivity contribution in [3.63, 3.8) is 0 Å². The molecule has 0 saturated heterocycles. The van der Waals surface area contributed by atoms with Gasteiger partial charge in [0.1, 0.15) is 7.05 Å². The molecule has 3 nitrogen and oxygen atoms in total. The summed E-state index contributed by atoms with van der Waals surface area (Å²) in [5, 5.41) is 6.34. The molecule has 3 aromatic carbocycles. The van der Waals surface area contributed by atoms with Gasteiger partial charge in [0.05, 0.1) is 27.3 Å². The normalized spacial score (nSPS) is 12.6. The van der Waals surface area contributed by atoms with Crippen molar-refractivity contribution < 1.29 is 4.57 Å². The Balaban J connectivity index is 2.07. The van der Waals surface area contributed by atoms with Crippen molar-refractivity contribution in [3.05, 3.63) is 82.8 Å². The summed E-state index contributed by atoms with van der Waals surface area (Å²) in [6.45, 7) is 16.2. The summed E-state index contributed by atoms with van der Waals surface area (Å²) in [7, 11) is 2.14. The first-order chi connectivity index (χ1) is 14.8. The topological polar surface area (TPSA) is 12.7 Å². The number of hydrogen-bond acceptors (Lipinski definition) is 0. The molecule has 6 rings (SSSR count). The molecule has 0 unspecified atom stereocenters. The van der Waals surface area contributed by atoms with Crippen molar-refractivity contribution in [2.45, 2.75) is 33.2 Å². The van der Waals surface area contributed by atoms with Crippen molar-refractivity contribution >= 4 is 49.0 Å². The van der Waals surface area contributed by atoms with Gasteiger partial charge in [0.25, 0.3) is 5.54 Å². The fourth-order valence-corrected chi connectivity index (χ4v) is 5.34. The minimum absolute atomic E-state index is 0.577. The van der Waals surface area contributed by atoms with E-state index in [-0.39, 0.29) is 0 Å². The Bertz CT molecular complexity index is 1740. The molecule has 3 heterocycles. The van der Waals surface area contributed by atoms with Crippen LogP contribution < -0.4 is 4.57 Å². The molecule has 0 spiro atoms. The summed E-state index contributed by atoms with van der Waals surface area (Å²) >= 11 is 0. The lowest BCUT2D eigenvalue weighted by molar-refractivity contribution is -0.643. The Hall–Kier alpha value is -3.64. The van der Waals surface area contributed by atoms with Gasteiger partial charge in [-0.05, 0) is 42.5 Å². The van der Waals surface area contributed by atoms with E-state index in [1.54, 1.807) is 0 Å². The highest BCUT2D eigenvalue weighted by molar-refractivity contribution is 6.26. The van der Waals surface area contributed by atoms with E-state index in [1.807, 2.05) is 13.8 Å². The van der Waals surface area contributed by atoms with Crippen LogP contribution in [-0.4, -0.2) is 4.40 Å². The van der Waals surface area contributed by atoms with Gasteiger partial charge in [-0.1, -0.05) is 30.3 Å². The van der Waals surface area contributed by atoms with Crippen molar-refractivity contribution in [1.82, 2.24) is 4.40 Å². The number of benzene rings is 3. The van der Waals surface area contributed by atoms with Crippen molar-refractivity contribution in [2.75, 3.05) is 0 Å². The van der Waals surface area contributed by atoms with Crippen LogP contribution in [0.3, 0.4) is 0 Å². The fourth-order valence-electron chi connectivity index (χ4n) is 5.34. The molecule has 0 aliphatic carbocycles. The SMILES string of the molecule is [C-]#[N+]C(C)(C)c1cc2cc[n+](C)c3c4c(C)ccc5c6cccc(C)c6n(c(c1)c23)c54. The lowest BCUT2D eigenvalue weighted by atomic mass is 9.91. The standard InChI is InChI=1S/C28H24N3/c1-16-10-11-21-20-9-7-8-17(2)25(20)31-22-15-19(28(3,4)29-5)14-18-12-13-30(6)27(24(18)22)23(16)26(21)31/h7-15H,1-4,6H3/q+1. The molecule has 0 N–H and O–H groups in total. The van der Waals surface area contributed by atoms with Crippen molar-refractivity contribution in [1.29, 1.82) is 0 Å². The van der Waals surface area contributed by atoms with Crippen LogP contribution in [0.15, 0.2) is 54.7 Å². The largest absolute Gasteiger partial charge is 0.307 e. The van der Waals surface area contributed by atoms with Gasteiger partial charge in [-0.25, -0.2) is 11.1 Å². The summed E-state index contributed by atoms with van der Waals surface area (Å²) in [6, 6.07) is 17.8. The average Bonchev–Trinajstić information content (AvgIpc) is 3.10. The summed E-state index contributed by atoms with van der Waals surface area (Å²) < 4.78 is 4.71. The minimum Gasteiger partial charge on any atom is -0.307 e. The first-order valence-electron chi connectivity index (χ1n) is 10.7. The highest BCUT2D eigenvalue weighted by Gasteiger charge is 2.30. The first kappa shape index (κ1) is 18.2. The highest BCUT2D eigenvalue weighted by Crippen LogP contribution is 2.42. The molecule has 0 aliphatic rings. The zero-order valence-corrected chi connectivity index (χ0v) is 18.5. The molecule has 6 aromatic rings. The van der Waals surface area contributed by atoms with E-state index in [0.29, 0.717) is 0 Å². The number of aromatic nitrogens is 2. The van der Waals surface area contributed by atoms with Crippen LogP contribution in [0.4, 0.5) is 0 Å². The number of para-hydroxylation sites is 1. The molecule has 3 heteroatoms. The van der Waals surface area contributed by atoms with E-state index in [4.69, 9.17) is 6.57 Å². The molecule has 0 aliphatic heterocycles.